The van der Waals surface area contributed by atoms with Crippen molar-refractivity contribution in [3.63, 3.8) is 0 Å². The second kappa shape index (κ2) is 6.20. The average molecular weight is 308 g/mol. The maximum Gasteiger partial charge on any atom is 0.244 e. The lowest BCUT2D eigenvalue weighted by Gasteiger charge is -2.30. The highest BCUT2D eigenvalue weighted by atomic mass is 32.2. The summed E-state index contributed by atoms with van der Waals surface area (Å²) in [6, 6.07) is 4.61. The van der Waals surface area contributed by atoms with Crippen molar-refractivity contribution in [2.24, 2.45) is 5.92 Å². The minimum atomic E-state index is -3.61. The van der Waals surface area contributed by atoms with Crippen molar-refractivity contribution in [1.29, 1.82) is 5.26 Å². The summed E-state index contributed by atoms with van der Waals surface area (Å²) in [7, 11) is -2.04. The quantitative estimate of drug-likeness (QED) is 0.853. The van der Waals surface area contributed by atoms with Gasteiger partial charge in [0, 0.05) is 32.3 Å². The van der Waals surface area contributed by atoms with Gasteiger partial charge in [0.1, 0.15) is 16.7 Å². The van der Waals surface area contributed by atoms with Crippen LogP contribution in [0, 0.1) is 17.2 Å². The second-order valence-corrected chi connectivity index (χ2v) is 6.72. The predicted octanol–water partition coefficient (Wildman–Crippen LogP) is 0.1000. The number of sulfonamides is 1. The van der Waals surface area contributed by atoms with Crippen LogP contribution < -0.4 is 5.32 Å². The average Bonchev–Trinajstić information content (AvgIpc) is 2.54. The van der Waals surface area contributed by atoms with Gasteiger partial charge in [-0.3, -0.25) is 4.79 Å². The lowest BCUT2D eigenvalue weighted by Crippen LogP contribution is -2.42. The van der Waals surface area contributed by atoms with Gasteiger partial charge in [-0.2, -0.15) is 9.57 Å². The van der Waals surface area contributed by atoms with Crippen LogP contribution in [0.15, 0.2) is 23.2 Å². The summed E-state index contributed by atoms with van der Waals surface area (Å²) >= 11 is 0. The van der Waals surface area contributed by atoms with Gasteiger partial charge in [-0.25, -0.2) is 13.4 Å². The molecule has 0 saturated carbocycles. The van der Waals surface area contributed by atoms with Gasteiger partial charge in [-0.15, -0.1) is 0 Å². The van der Waals surface area contributed by atoms with Gasteiger partial charge in [0.05, 0.1) is 0 Å². The smallest absolute Gasteiger partial charge is 0.244 e. The van der Waals surface area contributed by atoms with Crippen molar-refractivity contribution in [2.75, 3.05) is 20.1 Å². The second-order valence-electron chi connectivity index (χ2n) is 4.78. The molecule has 1 aliphatic rings. The summed E-state index contributed by atoms with van der Waals surface area (Å²) in [4.78, 5) is 15.4. The molecule has 0 atom stereocenters. The number of hydrogen-bond acceptors (Lipinski definition) is 5. The van der Waals surface area contributed by atoms with Crippen LogP contribution in [0.5, 0.6) is 0 Å². The van der Waals surface area contributed by atoms with Crippen LogP contribution >= 0.6 is 0 Å². The number of piperidine rings is 1. The molecular formula is C13H16N4O3S. The molecule has 0 radical (unpaired) electrons. The van der Waals surface area contributed by atoms with E-state index in [0.717, 1.165) is 0 Å². The van der Waals surface area contributed by atoms with Crippen molar-refractivity contribution < 1.29 is 13.2 Å². The molecule has 8 heteroatoms. The van der Waals surface area contributed by atoms with Crippen molar-refractivity contribution in [2.45, 2.75) is 17.7 Å². The van der Waals surface area contributed by atoms with Gasteiger partial charge in [0.2, 0.25) is 15.9 Å². The summed E-state index contributed by atoms with van der Waals surface area (Å²) in [5, 5.41) is 11.3. The van der Waals surface area contributed by atoms with Crippen molar-refractivity contribution in [3.05, 3.63) is 24.0 Å². The van der Waals surface area contributed by atoms with Crippen LogP contribution in [0.2, 0.25) is 0 Å². The maximum atomic E-state index is 12.4. The lowest BCUT2D eigenvalue weighted by atomic mass is 9.97. The third-order valence-electron chi connectivity index (χ3n) is 3.56. The molecule has 1 aromatic heterocycles. The molecule has 2 heterocycles. The van der Waals surface area contributed by atoms with Crippen LogP contribution in [-0.4, -0.2) is 43.8 Å². The minimum Gasteiger partial charge on any atom is -0.359 e. The van der Waals surface area contributed by atoms with Gasteiger partial charge in [0.25, 0.3) is 0 Å². The Labute approximate surface area is 123 Å². The number of amides is 1. The molecule has 0 bridgehead atoms. The number of nitrogens with zero attached hydrogens (tertiary/aromatic N) is 3. The molecule has 1 fully saturated rings. The third kappa shape index (κ3) is 3.20. The standard InChI is InChI=1S/C13H16N4O3S/c1-15-13(18)10-4-6-17(7-5-10)21(19,20)12-3-2-11(8-14)16-9-12/h2-3,9-10H,4-7H2,1H3,(H,15,18). The highest BCUT2D eigenvalue weighted by molar-refractivity contribution is 7.89. The van der Waals surface area contributed by atoms with E-state index in [1.54, 1.807) is 7.05 Å². The number of pyridine rings is 1. The Bertz CT molecular complexity index is 656. The van der Waals surface area contributed by atoms with Crippen LogP contribution in [-0.2, 0) is 14.8 Å². The Balaban J connectivity index is 2.11. The Hall–Kier alpha value is -1.98. The molecule has 0 unspecified atom stereocenters. The van der Waals surface area contributed by atoms with E-state index in [4.69, 9.17) is 5.26 Å². The monoisotopic (exact) mass is 308 g/mol. The number of rotatable bonds is 3. The minimum absolute atomic E-state index is 0.0490. The first kappa shape index (κ1) is 15.4. The van der Waals surface area contributed by atoms with E-state index < -0.39 is 10.0 Å². The summed E-state index contributed by atoms with van der Waals surface area (Å²) in [5.74, 6) is -0.187. The van der Waals surface area contributed by atoms with Gasteiger partial charge < -0.3 is 5.32 Å². The first-order valence-electron chi connectivity index (χ1n) is 6.57. The van der Waals surface area contributed by atoms with Crippen molar-refractivity contribution in [3.8, 4) is 6.07 Å². The van der Waals surface area contributed by atoms with Gasteiger partial charge in [-0.05, 0) is 25.0 Å². The van der Waals surface area contributed by atoms with Crippen LogP contribution in [0.4, 0.5) is 0 Å². The fraction of sp³-hybridized carbons (Fsp3) is 0.462. The Morgan fingerprint density at radius 1 is 1.43 bits per heavy atom. The highest BCUT2D eigenvalue weighted by Gasteiger charge is 2.31. The van der Waals surface area contributed by atoms with Crippen molar-refractivity contribution >= 4 is 15.9 Å². The first-order valence-corrected chi connectivity index (χ1v) is 8.01. The summed E-state index contributed by atoms with van der Waals surface area (Å²) in [5.41, 5.74) is 0.173. The first-order chi connectivity index (χ1) is 9.98. The van der Waals surface area contributed by atoms with Crippen LogP contribution in [0.25, 0.3) is 0 Å². The predicted molar refractivity (Wildman–Crippen MR) is 74.5 cm³/mol. The van der Waals surface area contributed by atoms with Gasteiger partial charge in [-0.1, -0.05) is 0 Å². The third-order valence-corrected chi connectivity index (χ3v) is 5.44. The highest BCUT2D eigenvalue weighted by Crippen LogP contribution is 2.23. The number of aromatic nitrogens is 1. The van der Waals surface area contributed by atoms with E-state index in [2.05, 4.69) is 10.3 Å². The van der Waals surface area contributed by atoms with E-state index in [1.807, 2.05) is 6.07 Å². The van der Waals surface area contributed by atoms with E-state index in [1.165, 1.54) is 22.6 Å². The lowest BCUT2D eigenvalue weighted by molar-refractivity contribution is -0.125. The molecule has 1 N–H and O–H groups in total. The molecule has 7 nitrogen and oxygen atoms in total. The molecule has 2 rings (SSSR count). The summed E-state index contributed by atoms with van der Waals surface area (Å²) < 4.78 is 26.2. The van der Waals surface area contributed by atoms with Crippen LogP contribution in [0.3, 0.4) is 0 Å². The van der Waals surface area contributed by atoms with Gasteiger partial charge in [0.15, 0.2) is 0 Å². The molecule has 0 spiro atoms. The van der Waals surface area contributed by atoms with Gasteiger partial charge >= 0.3 is 0 Å². The Morgan fingerprint density at radius 2 is 2.10 bits per heavy atom. The zero-order valence-corrected chi connectivity index (χ0v) is 12.4. The molecule has 0 aliphatic carbocycles. The fourth-order valence-electron chi connectivity index (χ4n) is 2.31. The fourth-order valence-corrected chi connectivity index (χ4v) is 3.73. The molecule has 1 aliphatic heterocycles. The molecule has 112 valence electrons. The molecule has 0 aromatic carbocycles. The molecule has 1 saturated heterocycles. The molecule has 21 heavy (non-hydrogen) atoms. The van der Waals surface area contributed by atoms with Crippen LogP contribution in [0.1, 0.15) is 18.5 Å². The SMILES string of the molecule is CNC(=O)C1CCN(S(=O)(=O)c2ccc(C#N)nc2)CC1. The van der Waals surface area contributed by atoms with E-state index in [0.29, 0.717) is 25.9 Å². The molecule has 1 aromatic rings. The topological polar surface area (TPSA) is 103 Å². The van der Waals surface area contributed by atoms with E-state index >= 15 is 0 Å². The molecular weight excluding hydrogens is 292 g/mol. The zero-order valence-electron chi connectivity index (χ0n) is 11.6. The largest absolute Gasteiger partial charge is 0.359 e. The number of nitriles is 1. The zero-order chi connectivity index (χ0) is 15.5. The number of nitrogens with one attached hydrogen (secondary N) is 1. The Kier molecular flexibility index (Phi) is 4.55. The maximum absolute atomic E-state index is 12.4. The number of carbonyl (C=O) groups excluding carboxylic acids is 1. The Morgan fingerprint density at radius 3 is 2.57 bits per heavy atom. The summed E-state index contributed by atoms with van der Waals surface area (Å²) in [6.45, 7) is 0.612. The molecule has 1 amide bonds. The van der Waals surface area contributed by atoms with E-state index in [9.17, 15) is 13.2 Å². The normalized spacial score (nSPS) is 17.1. The van der Waals surface area contributed by atoms with Crippen molar-refractivity contribution in [1.82, 2.24) is 14.6 Å². The van der Waals surface area contributed by atoms with E-state index in [-0.39, 0.29) is 22.4 Å². The number of hydrogen-bond donors (Lipinski definition) is 1. The summed E-state index contributed by atoms with van der Waals surface area (Å²) in [6.07, 6.45) is 2.20. The number of carbonyl (C=O) groups is 1.